The predicted molar refractivity (Wildman–Crippen MR) is 99.5 cm³/mol. The van der Waals surface area contributed by atoms with Crippen LogP contribution in [0.1, 0.15) is 16.2 Å². The van der Waals surface area contributed by atoms with Gasteiger partial charge in [-0.3, -0.25) is 4.84 Å². The Balaban J connectivity index is 1.69. The van der Waals surface area contributed by atoms with Gasteiger partial charge in [-0.15, -0.1) is 0 Å². The van der Waals surface area contributed by atoms with E-state index in [9.17, 15) is 13.2 Å². The molecule has 0 aliphatic rings. The van der Waals surface area contributed by atoms with Crippen molar-refractivity contribution < 1.29 is 27.2 Å². The predicted octanol–water partition coefficient (Wildman–Crippen LogP) is 2.88. The molecule has 2 aromatic carbocycles. The van der Waals surface area contributed by atoms with Gasteiger partial charge in [0, 0.05) is 12.6 Å². The molecule has 0 aliphatic heterocycles. The Kier molecular flexibility index (Phi) is 5.88. The molecule has 3 rings (SSSR count). The third-order valence-corrected chi connectivity index (χ3v) is 5.58. The van der Waals surface area contributed by atoms with Crippen LogP contribution in [0, 0.1) is 0 Å². The molecule has 9 heteroatoms. The van der Waals surface area contributed by atoms with E-state index in [-0.39, 0.29) is 23.0 Å². The molecule has 0 bridgehead atoms. The number of aromatic nitrogens is 1. The van der Waals surface area contributed by atoms with Crippen molar-refractivity contribution in [1.82, 2.24) is 9.45 Å². The van der Waals surface area contributed by atoms with Gasteiger partial charge in [0.15, 0.2) is 12.4 Å². The van der Waals surface area contributed by atoms with E-state index in [1.54, 1.807) is 6.20 Å². The summed E-state index contributed by atoms with van der Waals surface area (Å²) in [5.41, 5.74) is 0.938. The topological polar surface area (TPSA) is 98.9 Å². The SMILES string of the molecule is CON(C)S(=O)(=O)c1cccc(C(=O)OCc2ncc(-c3ccccc3)o2)c1. The van der Waals surface area contributed by atoms with Gasteiger partial charge in [-0.2, -0.15) is 0 Å². The fraction of sp³-hybridized carbons (Fsp3) is 0.158. The monoisotopic (exact) mass is 402 g/mol. The Hall–Kier alpha value is -3.01. The van der Waals surface area contributed by atoms with Crippen LogP contribution in [0.5, 0.6) is 0 Å². The maximum Gasteiger partial charge on any atom is 0.338 e. The standard InChI is InChI=1S/C19H18N2O6S/c1-21(25-2)28(23,24)16-10-6-9-15(11-16)19(22)26-13-18-20-12-17(27-18)14-7-4-3-5-8-14/h3-12H,13H2,1-2H3. The average Bonchev–Trinajstić information content (AvgIpc) is 3.21. The van der Waals surface area contributed by atoms with Crippen molar-refractivity contribution >= 4 is 16.0 Å². The van der Waals surface area contributed by atoms with Crippen LogP contribution in [0.15, 0.2) is 70.1 Å². The van der Waals surface area contributed by atoms with Crippen LogP contribution in [-0.2, 0) is 26.2 Å². The van der Waals surface area contributed by atoms with Gasteiger partial charge in [-0.05, 0) is 18.2 Å². The number of sulfonamides is 1. The zero-order chi connectivity index (χ0) is 20.1. The van der Waals surface area contributed by atoms with Gasteiger partial charge >= 0.3 is 5.97 Å². The third-order valence-electron chi connectivity index (χ3n) is 3.90. The maximum absolute atomic E-state index is 12.3. The van der Waals surface area contributed by atoms with Gasteiger partial charge in [0.25, 0.3) is 10.0 Å². The first kappa shape index (κ1) is 19.7. The number of benzene rings is 2. The molecule has 0 radical (unpaired) electrons. The highest BCUT2D eigenvalue weighted by molar-refractivity contribution is 7.89. The first-order chi connectivity index (χ1) is 13.4. The third kappa shape index (κ3) is 4.28. The Bertz CT molecular complexity index is 1060. The largest absolute Gasteiger partial charge is 0.452 e. The molecule has 8 nitrogen and oxygen atoms in total. The number of carbonyl (C=O) groups excluding carboxylic acids is 1. The van der Waals surface area contributed by atoms with E-state index >= 15 is 0 Å². The van der Waals surface area contributed by atoms with Crippen molar-refractivity contribution in [2.45, 2.75) is 11.5 Å². The van der Waals surface area contributed by atoms with Crippen molar-refractivity contribution in [3.05, 3.63) is 72.2 Å². The lowest BCUT2D eigenvalue weighted by Crippen LogP contribution is -2.25. The van der Waals surface area contributed by atoms with Crippen LogP contribution in [0.3, 0.4) is 0 Å². The molecule has 0 fully saturated rings. The summed E-state index contributed by atoms with van der Waals surface area (Å²) < 4.78 is 36.0. The fourth-order valence-corrected chi connectivity index (χ4v) is 3.37. The molecule has 1 aromatic heterocycles. The number of ether oxygens (including phenoxy) is 1. The molecule has 0 saturated carbocycles. The molecule has 0 spiro atoms. The van der Waals surface area contributed by atoms with Gasteiger partial charge in [0.2, 0.25) is 5.89 Å². The van der Waals surface area contributed by atoms with Gasteiger partial charge < -0.3 is 9.15 Å². The number of nitrogens with zero attached hydrogens (tertiary/aromatic N) is 2. The highest BCUT2D eigenvalue weighted by Crippen LogP contribution is 2.21. The molecule has 146 valence electrons. The summed E-state index contributed by atoms with van der Waals surface area (Å²) in [5.74, 6) is 0.0917. The molecule has 28 heavy (non-hydrogen) atoms. The number of hydrogen-bond donors (Lipinski definition) is 0. The zero-order valence-electron chi connectivity index (χ0n) is 15.2. The Labute approximate surface area is 162 Å². The van der Waals surface area contributed by atoms with Crippen LogP contribution >= 0.6 is 0 Å². The molecule has 0 unspecified atom stereocenters. The van der Waals surface area contributed by atoms with Crippen molar-refractivity contribution in [3.8, 4) is 11.3 Å². The van der Waals surface area contributed by atoms with E-state index in [2.05, 4.69) is 4.98 Å². The molecule has 0 saturated heterocycles. The summed E-state index contributed by atoms with van der Waals surface area (Å²) >= 11 is 0. The molecule has 1 heterocycles. The fourth-order valence-electron chi connectivity index (χ4n) is 2.35. The molecule has 3 aromatic rings. The number of carbonyl (C=O) groups is 1. The first-order valence-corrected chi connectivity index (χ1v) is 9.66. The summed E-state index contributed by atoms with van der Waals surface area (Å²) in [6.45, 7) is -0.180. The normalized spacial score (nSPS) is 11.5. The van der Waals surface area contributed by atoms with Crippen LogP contribution < -0.4 is 0 Å². The maximum atomic E-state index is 12.3. The van der Waals surface area contributed by atoms with Crippen LogP contribution in [0.2, 0.25) is 0 Å². The van der Waals surface area contributed by atoms with E-state index in [1.165, 1.54) is 38.4 Å². The number of oxazole rings is 1. The van der Waals surface area contributed by atoms with Crippen LogP contribution in [0.4, 0.5) is 0 Å². The highest BCUT2D eigenvalue weighted by Gasteiger charge is 2.22. The van der Waals surface area contributed by atoms with Crippen LogP contribution in [0.25, 0.3) is 11.3 Å². The Morgan fingerprint density at radius 2 is 1.89 bits per heavy atom. The van der Waals surface area contributed by atoms with E-state index in [0.717, 1.165) is 5.56 Å². The van der Waals surface area contributed by atoms with Crippen LogP contribution in [-0.4, -0.2) is 38.0 Å². The first-order valence-electron chi connectivity index (χ1n) is 8.22. The molecular formula is C19H18N2O6S. The second kappa shape index (κ2) is 8.34. The minimum atomic E-state index is -3.87. The van der Waals surface area contributed by atoms with Crippen molar-refractivity contribution in [2.24, 2.45) is 0 Å². The van der Waals surface area contributed by atoms with E-state index < -0.39 is 16.0 Å². The van der Waals surface area contributed by atoms with E-state index in [0.29, 0.717) is 10.2 Å². The van der Waals surface area contributed by atoms with Crippen molar-refractivity contribution in [2.75, 3.05) is 14.2 Å². The van der Waals surface area contributed by atoms with E-state index in [4.69, 9.17) is 14.0 Å². The van der Waals surface area contributed by atoms with E-state index in [1.807, 2.05) is 30.3 Å². The number of esters is 1. The van der Waals surface area contributed by atoms with Crippen molar-refractivity contribution in [3.63, 3.8) is 0 Å². The second-order valence-corrected chi connectivity index (χ2v) is 7.62. The summed E-state index contributed by atoms with van der Waals surface area (Å²) in [4.78, 5) is 21.0. The lowest BCUT2D eigenvalue weighted by molar-refractivity contribution is -0.0258. The number of hydrogen-bond acceptors (Lipinski definition) is 7. The molecule has 0 aliphatic carbocycles. The molecule has 0 atom stereocenters. The molecular weight excluding hydrogens is 384 g/mol. The quantitative estimate of drug-likeness (QED) is 0.443. The average molecular weight is 402 g/mol. The lowest BCUT2D eigenvalue weighted by atomic mass is 10.2. The lowest BCUT2D eigenvalue weighted by Gasteiger charge is -2.14. The summed E-state index contributed by atoms with van der Waals surface area (Å²) in [6.07, 6.45) is 1.55. The van der Waals surface area contributed by atoms with Gasteiger partial charge in [-0.1, -0.05) is 40.9 Å². The highest BCUT2D eigenvalue weighted by atomic mass is 32.2. The molecule has 0 amide bonds. The van der Waals surface area contributed by atoms with Crippen molar-refractivity contribution in [1.29, 1.82) is 0 Å². The summed E-state index contributed by atoms with van der Waals surface area (Å²) in [6, 6.07) is 14.9. The van der Waals surface area contributed by atoms with Gasteiger partial charge in [0.05, 0.1) is 23.8 Å². The van der Waals surface area contributed by atoms with Gasteiger partial charge in [0.1, 0.15) is 0 Å². The minimum absolute atomic E-state index is 0.0837. The summed E-state index contributed by atoms with van der Waals surface area (Å²) in [7, 11) is -1.38. The Morgan fingerprint density at radius 1 is 1.14 bits per heavy atom. The number of hydroxylamine groups is 1. The zero-order valence-corrected chi connectivity index (χ0v) is 16.0. The second-order valence-electron chi connectivity index (χ2n) is 5.69. The van der Waals surface area contributed by atoms with Gasteiger partial charge in [-0.25, -0.2) is 18.2 Å². The molecule has 0 N–H and O–H groups in total. The Morgan fingerprint density at radius 3 is 2.61 bits per heavy atom. The summed E-state index contributed by atoms with van der Waals surface area (Å²) in [5, 5.41) is 0. The minimum Gasteiger partial charge on any atom is -0.452 e. The number of rotatable bonds is 7. The smallest absolute Gasteiger partial charge is 0.338 e.